The molecule has 270 valence electrons. The average molecular weight is 758 g/mol. The van der Waals surface area contributed by atoms with Crippen LogP contribution in [0.4, 0.5) is 5.82 Å². The predicted octanol–water partition coefficient (Wildman–Crippen LogP) is 6.96. The predicted molar refractivity (Wildman–Crippen MR) is 204 cm³/mol. The molecule has 0 bridgehead atoms. The molecule has 11 nitrogen and oxygen atoms in total. The van der Waals surface area contributed by atoms with Gasteiger partial charge in [-0.25, -0.2) is 14.8 Å². The number of carbonyl (C=O) groups is 2. The molecule has 0 spiro atoms. The van der Waals surface area contributed by atoms with Gasteiger partial charge in [-0.1, -0.05) is 61.5 Å². The lowest BCUT2D eigenvalue weighted by molar-refractivity contribution is -0.149. The minimum Gasteiger partial charge on any atom is -0.490 e. The third-order valence-electron chi connectivity index (χ3n) is 8.23. The van der Waals surface area contributed by atoms with Crippen LogP contribution in [0.15, 0.2) is 58.9 Å². The SMILES string of the molecule is CC(C)C[C@H](NC(=O)[C@H](C)N)C(=O)OCCOc1ccc(-c2c(C#N)c(SCc3csc(-c4ccc(Cl)cc4)n3)nc(N3CCCC3)c2C#N)cc1. The van der Waals surface area contributed by atoms with Crippen LogP contribution in [0.25, 0.3) is 21.7 Å². The Kier molecular flexibility index (Phi) is 13.5. The molecule has 2 aromatic carbocycles. The van der Waals surface area contributed by atoms with Gasteiger partial charge in [-0.05, 0) is 61.9 Å². The molecular weight excluding hydrogens is 718 g/mol. The molecule has 1 aliphatic rings. The van der Waals surface area contributed by atoms with Crippen molar-refractivity contribution < 1.29 is 19.1 Å². The number of hydrogen-bond donors (Lipinski definition) is 2. The first kappa shape index (κ1) is 38.6. The second-order valence-corrected chi connectivity index (χ2v) is 15.0. The van der Waals surface area contributed by atoms with Gasteiger partial charge in [-0.15, -0.1) is 11.3 Å². The number of ether oxygens (including phenoxy) is 2. The molecule has 0 saturated carbocycles. The summed E-state index contributed by atoms with van der Waals surface area (Å²) in [6.07, 6.45) is 2.41. The summed E-state index contributed by atoms with van der Waals surface area (Å²) in [5.74, 6) is 0.763. The van der Waals surface area contributed by atoms with Crippen molar-refractivity contribution in [2.45, 2.75) is 62.9 Å². The number of nitrogens with zero attached hydrogens (tertiary/aromatic N) is 5. The van der Waals surface area contributed by atoms with Crippen molar-refractivity contribution in [1.82, 2.24) is 15.3 Å². The quantitative estimate of drug-likeness (QED) is 0.0731. The molecular formula is C38H40ClN7O4S2. The standard InChI is InChI=1S/C38H40ClN7O4S2/c1-23(2)18-32(44-35(47)24(3)42)38(48)50-17-16-49-29-12-8-25(9-13-29)33-30(19-40)34(46-14-4-5-15-46)45-37(31(33)20-41)52-22-28-21-51-36(43-28)26-6-10-27(39)11-7-26/h6-13,21,23-24,32H,4-5,14-18,22,42H2,1-3H3,(H,44,47)/t24-,32-/m0/s1. The van der Waals surface area contributed by atoms with Gasteiger partial charge >= 0.3 is 5.97 Å². The fourth-order valence-corrected chi connectivity index (χ4v) is 7.59. The Morgan fingerprint density at radius 3 is 2.31 bits per heavy atom. The molecule has 2 atom stereocenters. The normalized spacial score (nSPS) is 13.7. The zero-order valence-electron chi connectivity index (χ0n) is 29.2. The smallest absolute Gasteiger partial charge is 0.328 e. The van der Waals surface area contributed by atoms with E-state index in [-0.39, 0.29) is 19.1 Å². The molecule has 1 aliphatic heterocycles. The third kappa shape index (κ3) is 9.81. The molecule has 0 radical (unpaired) electrons. The molecule has 52 heavy (non-hydrogen) atoms. The van der Waals surface area contributed by atoms with Crippen LogP contribution in [-0.2, 0) is 20.1 Å². The molecule has 1 amide bonds. The number of esters is 1. The summed E-state index contributed by atoms with van der Waals surface area (Å²) in [6.45, 7) is 7.07. The van der Waals surface area contributed by atoms with Crippen molar-refractivity contribution in [3.63, 3.8) is 0 Å². The number of amides is 1. The van der Waals surface area contributed by atoms with E-state index < -0.39 is 24.0 Å². The van der Waals surface area contributed by atoms with Crippen LogP contribution in [0.3, 0.4) is 0 Å². The molecule has 3 N–H and O–H groups in total. The van der Waals surface area contributed by atoms with Gasteiger partial charge < -0.3 is 25.4 Å². The van der Waals surface area contributed by atoms with Gasteiger partial charge in [-0.2, -0.15) is 10.5 Å². The molecule has 3 heterocycles. The van der Waals surface area contributed by atoms with E-state index in [4.69, 9.17) is 36.8 Å². The number of benzene rings is 2. The number of anilines is 1. The minimum absolute atomic E-state index is 0.0231. The van der Waals surface area contributed by atoms with Gasteiger partial charge in [0.15, 0.2) is 0 Å². The van der Waals surface area contributed by atoms with E-state index in [9.17, 15) is 20.1 Å². The summed E-state index contributed by atoms with van der Waals surface area (Å²) in [4.78, 5) is 36.6. The lowest BCUT2D eigenvalue weighted by atomic mass is 9.96. The zero-order chi connectivity index (χ0) is 37.2. The summed E-state index contributed by atoms with van der Waals surface area (Å²) < 4.78 is 11.2. The number of nitrogens with one attached hydrogen (secondary N) is 1. The summed E-state index contributed by atoms with van der Waals surface area (Å²) in [5.41, 5.74) is 9.37. The molecule has 0 aliphatic carbocycles. The Morgan fingerprint density at radius 1 is 1.00 bits per heavy atom. The number of hydrogen-bond acceptors (Lipinski definition) is 12. The second kappa shape index (κ2) is 18.2. The van der Waals surface area contributed by atoms with E-state index in [1.807, 2.05) is 55.6 Å². The Balaban J connectivity index is 1.32. The van der Waals surface area contributed by atoms with Crippen molar-refractivity contribution in [2.75, 3.05) is 31.2 Å². The van der Waals surface area contributed by atoms with Crippen LogP contribution in [-0.4, -0.2) is 60.2 Å². The maximum Gasteiger partial charge on any atom is 0.328 e. The number of carbonyl (C=O) groups excluding carboxylic acids is 2. The van der Waals surface area contributed by atoms with Crippen molar-refractivity contribution >= 4 is 52.4 Å². The molecule has 5 rings (SSSR count). The van der Waals surface area contributed by atoms with Crippen LogP contribution >= 0.6 is 34.7 Å². The summed E-state index contributed by atoms with van der Waals surface area (Å²) in [5, 5.41) is 27.6. The van der Waals surface area contributed by atoms with Gasteiger partial charge in [0.1, 0.15) is 58.6 Å². The van der Waals surface area contributed by atoms with E-state index in [1.54, 1.807) is 19.1 Å². The van der Waals surface area contributed by atoms with Gasteiger partial charge in [0, 0.05) is 40.4 Å². The van der Waals surface area contributed by atoms with Crippen LogP contribution in [0, 0.1) is 28.6 Å². The first-order chi connectivity index (χ1) is 25.1. The van der Waals surface area contributed by atoms with Crippen molar-refractivity contribution in [3.8, 4) is 39.6 Å². The van der Waals surface area contributed by atoms with E-state index >= 15 is 0 Å². The number of pyridine rings is 1. The Morgan fingerprint density at radius 2 is 1.67 bits per heavy atom. The lowest BCUT2D eigenvalue weighted by Gasteiger charge is -2.22. The number of thiazole rings is 1. The molecule has 1 saturated heterocycles. The lowest BCUT2D eigenvalue weighted by Crippen LogP contribution is -2.48. The number of halogens is 1. The Labute approximate surface area is 317 Å². The second-order valence-electron chi connectivity index (χ2n) is 12.7. The monoisotopic (exact) mass is 757 g/mol. The van der Waals surface area contributed by atoms with E-state index in [0.29, 0.717) is 56.0 Å². The maximum atomic E-state index is 12.7. The first-order valence-corrected chi connectivity index (χ1v) is 19.2. The van der Waals surface area contributed by atoms with Crippen LogP contribution in [0.1, 0.15) is 56.9 Å². The maximum absolute atomic E-state index is 12.7. The van der Waals surface area contributed by atoms with Crippen molar-refractivity contribution in [3.05, 3.63) is 75.8 Å². The molecule has 14 heteroatoms. The van der Waals surface area contributed by atoms with Gasteiger partial charge in [0.2, 0.25) is 5.91 Å². The fourth-order valence-electron chi connectivity index (χ4n) is 5.66. The number of aromatic nitrogens is 2. The highest BCUT2D eigenvalue weighted by Gasteiger charge is 2.27. The molecule has 1 fully saturated rings. The molecule has 4 aromatic rings. The first-order valence-electron chi connectivity index (χ1n) is 17.0. The molecule has 0 unspecified atom stereocenters. The number of thioether (sulfide) groups is 1. The number of nitriles is 2. The largest absolute Gasteiger partial charge is 0.490 e. The average Bonchev–Trinajstić information content (AvgIpc) is 3.85. The summed E-state index contributed by atoms with van der Waals surface area (Å²) >= 11 is 9.02. The fraction of sp³-hybridized carbons (Fsp3) is 0.368. The highest BCUT2D eigenvalue weighted by atomic mass is 35.5. The topological polar surface area (TPSA) is 167 Å². The highest BCUT2D eigenvalue weighted by molar-refractivity contribution is 7.98. The van der Waals surface area contributed by atoms with Crippen molar-refractivity contribution in [2.24, 2.45) is 11.7 Å². The van der Waals surface area contributed by atoms with Gasteiger partial charge in [0.05, 0.1) is 17.3 Å². The van der Waals surface area contributed by atoms with Crippen molar-refractivity contribution in [1.29, 1.82) is 10.5 Å². The summed E-state index contributed by atoms with van der Waals surface area (Å²) in [6, 6.07) is 17.8. The third-order valence-corrected chi connectivity index (χ3v) is 10.4. The van der Waals surface area contributed by atoms with E-state index in [1.165, 1.54) is 23.1 Å². The van der Waals surface area contributed by atoms with E-state index in [2.05, 4.69) is 22.4 Å². The van der Waals surface area contributed by atoms with Gasteiger partial charge in [0.25, 0.3) is 0 Å². The van der Waals surface area contributed by atoms with Crippen LogP contribution < -0.4 is 20.7 Å². The Hall–Kier alpha value is -4.66. The van der Waals surface area contributed by atoms with Crippen LogP contribution in [0.5, 0.6) is 5.75 Å². The van der Waals surface area contributed by atoms with Crippen LogP contribution in [0.2, 0.25) is 5.02 Å². The number of nitrogens with two attached hydrogens (primary N) is 1. The van der Waals surface area contributed by atoms with Gasteiger partial charge in [-0.3, -0.25) is 4.79 Å². The number of rotatable bonds is 15. The highest BCUT2D eigenvalue weighted by Crippen LogP contribution is 2.40. The molecule has 2 aromatic heterocycles. The minimum atomic E-state index is -0.802. The zero-order valence-corrected chi connectivity index (χ0v) is 31.6. The van der Waals surface area contributed by atoms with E-state index in [0.717, 1.165) is 42.2 Å². The summed E-state index contributed by atoms with van der Waals surface area (Å²) in [7, 11) is 0. The Bertz CT molecular complexity index is 1950.